The van der Waals surface area contributed by atoms with E-state index in [0.29, 0.717) is 11.9 Å². The first kappa shape index (κ1) is 11.1. The number of ether oxygens (including phenoxy) is 1. The zero-order valence-corrected chi connectivity index (χ0v) is 9.80. The van der Waals surface area contributed by atoms with Gasteiger partial charge in [0.25, 0.3) is 0 Å². The lowest BCUT2D eigenvalue weighted by Crippen LogP contribution is -2.05. The van der Waals surface area contributed by atoms with Crippen LogP contribution in [-0.2, 0) is 7.05 Å². The standard InChI is InChI=1S/C9H13N7O/c1-10-7-13-8(15-9(14-7)17-3)12-6-4-11-16(2)5-6/h4-5H,1-3H3,(H2,10,12,13,14,15). The number of aryl methyl sites for hydroxylation is 1. The first-order valence-electron chi connectivity index (χ1n) is 4.94. The molecule has 0 saturated heterocycles. The third-order valence-electron chi connectivity index (χ3n) is 1.98. The predicted molar refractivity (Wildman–Crippen MR) is 62.4 cm³/mol. The van der Waals surface area contributed by atoms with E-state index >= 15 is 0 Å². The Bertz CT molecular complexity index is 488. The molecule has 0 bridgehead atoms. The number of methoxy groups -OCH3 is 1. The first-order valence-corrected chi connectivity index (χ1v) is 4.94. The van der Waals surface area contributed by atoms with Crippen LogP contribution in [-0.4, -0.2) is 38.9 Å². The molecule has 2 N–H and O–H groups in total. The molecule has 0 atom stereocenters. The van der Waals surface area contributed by atoms with Gasteiger partial charge in [-0.3, -0.25) is 4.68 Å². The number of aromatic nitrogens is 5. The lowest BCUT2D eigenvalue weighted by molar-refractivity contribution is 0.379. The minimum absolute atomic E-state index is 0.246. The number of rotatable bonds is 4. The molecular weight excluding hydrogens is 222 g/mol. The van der Waals surface area contributed by atoms with Crippen LogP contribution in [0.4, 0.5) is 17.6 Å². The average molecular weight is 235 g/mol. The summed E-state index contributed by atoms with van der Waals surface area (Å²) in [6.45, 7) is 0. The summed E-state index contributed by atoms with van der Waals surface area (Å²) in [6, 6.07) is 0.246. The minimum Gasteiger partial charge on any atom is -0.467 e. The van der Waals surface area contributed by atoms with Gasteiger partial charge in [0.15, 0.2) is 0 Å². The fourth-order valence-corrected chi connectivity index (χ4v) is 1.23. The second-order valence-corrected chi connectivity index (χ2v) is 3.25. The van der Waals surface area contributed by atoms with E-state index in [9.17, 15) is 0 Å². The van der Waals surface area contributed by atoms with Gasteiger partial charge in [0.05, 0.1) is 19.0 Å². The van der Waals surface area contributed by atoms with E-state index in [1.807, 2.05) is 13.2 Å². The van der Waals surface area contributed by atoms with Gasteiger partial charge in [0.2, 0.25) is 11.9 Å². The molecule has 0 aliphatic heterocycles. The van der Waals surface area contributed by atoms with Crippen LogP contribution in [0.25, 0.3) is 0 Å². The summed E-state index contributed by atoms with van der Waals surface area (Å²) >= 11 is 0. The molecule has 0 fully saturated rings. The van der Waals surface area contributed by atoms with Crippen molar-refractivity contribution in [1.29, 1.82) is 0 Å². The number of anilines is 3. The van der Waals surface area contributed by atoms with Gasteiger partial charge in [0, 0.05) is 20.3 Å². The normalized spacial score (nSPS) is 10.1. The number of hydrogen-bond acceptors (Lipinski definition) is 7. The monoisotopic (exact) mass is 235 g/mol. The molecule has 0 radical (unpaired) electrons. The van der Waals surface area contributed by atoms with E-state index in [1.54, 1.807) is 17.9 Å². The van der Waals surface area contributed by atoms with Crippen LogP contribution in [0, 0.1) is 0 Å². The molecule has 0 amide bonds. The molecule has 0 saturated carbocycles. The Hall–Kier alpha value is -2.38. The van der Waals surface area contributed by atoms with Gasteiger partial charge in [-0.1, -0.05) is 0 Å². The molecule has 0 spiro atoms. The fourth-order valence-electron chi connectivity index (χ4n) is 1.23. The highest BCUT2D eigenvalue weighted by Crippen LogP contribution is 2.15. The lowest BCUT2D eigenvalue weighted by atomic mass is 10.6. The summed E-state index contributed by atoms with van der Waals surface area (Å²) < 4.78 is 6.66. The van der Waals surface area contributed by atoms with Crippen molar-refractivity contribution in [1.82, 2.24) is 24.7 Å². The second-order valence-electron chi connectivity index (χ2n) is 3.25. The Morgan fingerprint density at radius 2 is 2.00 bits per heavy atom. The Balaban J connectivity index is 2.25. The van der Waals surface area contributed by atoms with E-state index in [0.717, 1.165) is 5.69 Å². The van der Waals surface area contributed by atoms with Gasteiger partial charge in [-0.2, -0.15) is 20.1 Å². The van der Waals surface area contributed by atoms with Crippen LogP contribution in [0.15, 0.2) is 12.4 Å². The average Bonchev–Trinajstić information content (AvgIpc) is 2.74. The number of hydrogen-bond donors (Lipinski definition) is 2. The van der Waals surface area contributed by atoms with Crippen molar-refractivity contribution in [3.05, 3.63) is 12.4 Å². The van der Waals surface area contributed by atoms with Gasteiger partial charge >= 0.3 is 6.01 Å². The van der Waals surface area contributed by atoms with Crippen LogP contribution in [0.5, 0.6) is 6.01 Å². The molecule has 8 heteroatoms. The molecule has 2 heterocycles. The summed E-state index contributed by atoms with van der Waals surface area (Å²) in [5.74, 6) is 0.831. The maximum absolute atomic E-state index is 4.98. The Morgan fingerprint density at radius 3 is 2.59 bits per heavy atom. The highest BCUT2D eigenvalue weighted by atomic mass is 16.5. The maximum Gasteiger partial charge on any atom is 0.322 e. The summed E-state index contributed by atoms with van der Waals surface area (Å²) in [5.41, 5.74) is 0.794. The van der Waals surface area contributed by atoms with Gasteiger partial charge in [-0.15, -0.1) is 0 Å². The zero-order chi connectivity index (χ0) is 12.3. The smallest absolute Gasteiger partial charge is 0.322 e. The minimum atomic E-state index is 0.246. The largest absolute Gasteiger partial charge is 0.467 e. The lowest BCUT2D eigenvalue weighted by Gasteiger charge is -2.05. The molecular formula is C9H13N7O. The van der Waals surface area contributed by atoms with Gasteiger partial charge < -0.3 is 15.4 Å². The maximum atomic E-state index is 4.98. The Kier molecular flexibility index (Phi) is 3.03. The van der Waals surface area contributed by atoms with Crippen molar-refractivity contribution < 1.29 is 4.74 Å². The molecule has 0 aliphatic carbocycles. The summed E-state index contributed by atoms with van der Waals surface area (Å²) in [6.07, 6.45) is 3.49. The molecule has 2 rings (SSSR count). The molecule has 2 aromatic rings. The van der Waals surface area contributed by atoms with Crippen LogP contribution >= 0.6 is 0 Å². The van der Waals surface area contributed by atoms with Gasteiger partial charge in [0.1, 0.15) is 0 Å². The van der Waals surface area contributed by atoms with Crippen LogP contribution in [0.2, 0.25) is 0 Å². The Labute approximate surface area is 98.1 Å². The van der Waals surface area contributed by atoms with Crippen LogP contribution in [0.1, 0.15) is 0 Å². The molecule has 0 unspecified atom stereocenters. The Morgan fingerprint density at radius 1 is 1.24 bits per heavy atom. The van der Waals surface area contributed by atoms with E-state index in [1.165, 1.54) is 7.11 Å². The molecule has 0 aromatic carbocycles. The third kappa shape index (κ3) is 2.60. The molecule has 0 aliphatic rings. The highest BCUT2D eigenvalue weighted by molar-refractivity contribution is 5.51. The number of nitrogens with one attached hydrogen (secondary N) is 2. The van der Waals surface area contributed by atoms with E-state index in [2.05, 4.69) is 30.7 Å². The molecule has 2 aromatic heterocycles. The quantitative estimate of drug-likeness (QED) is 0.792. The molecule has 17 heavy (non-hydrogen) atoms. The van der Waals surface area contributed by atoms with Gasteiger partial charge in [-0.05, 0) is 0 Å². The number of nitrogens with zero attached hydrogens (tertiary/aromatic N) is 5. The molecule has 8 nitrogen and oxygen atoms in total. The van der Waals surface area contributed by atoms with Crippen molar-refractivity contribution in [3.8, 4) is 6.01 Å². The van der Waals surface area contributed by atoms with Crippen molar-refractivity contribution in [2.45, 2.75) is 0 Å². The van der Waals surface area contributed by atoms with E-state index < -0.39 is 0 Å². The summed E-state index contributed by atoms with van der Waals surface area (Å²) in [7, 11) is 5.06. The topological polar surface area (TPSA) is 89.8 Å². The van der Waals surface area contributed by atoms with Crippen molar-refractivity contribution in [2.24, 2.45) is 7.05 Å². The summed E-state index contributed by atoms with van der Waals surface area (Å²) in [5, 5.41) is 9.87. The zero-order valence-electron chi connectivity index (χ0n) is 9.80. The van der Waals surface area contributed by atoms with Crippen molar-refractivity contribution in [2.75, 3.05) is 24.8 Å². The van der Waals surface area contributed by atoms with Crippen molar-refractivity contribution >= 4 is 17.6 Å². The van der Waals surface area contributed by atoms with Crippen LogP contribution in [0.3, 0.4) is 0 Å². The molecule has 90 valence electrons. The first-order chi connectivity index (χ1) is 8.21. The van der Waals surface area contributed by atoms with Crippen molar-refractivity contribution in [3.63, 3.8) is 0 Å². The fraction of sp³-hybridized carbons (Fsp3) is 0.333. The van der Waals surface area contributed by atoms with E-state index in [-0.39, 0.29) is 6.01 Å². The van der Waals surface area contributed by atoms with E-state index in [4.69, 9.17) is 4.74 Å². The predicted octanol–water partition coefficient (Wildman–Crippen LogP) is 0.399. The second kappa shape index (κ2) is 4.64. The summed E-state index contributed by atoms with van der Waals surface area (Å²) in [4.78, 5) is 12.2. The third-order valence-corrected chi connectivity index (χ3v) is 1.98. The van der Waals surface area contributed by atoms with Crippen LogP contribution < -0.4 is 15.4 Å². The van der Waals surface area contributed by atoms with Gasteiger partial charge in [-0.25, -0.2) is 0 Å². The SMILES string of the molecule is CNc1nc(Nc2cnn(C)c2)nc(OC)n1. The highest BCUT2D eigenvalue weighted by Gasteiger charge is 2.06.